The summed E-state index contributed by atoms with van der Waals surface area (Å²) >= 11 is 0. The van der Waals surface area contributed by atoms with Gasteiger partial charge in [0.15, 0.2) is 5.96 Å². The molecular weight excluding hydrogens is 398 g/mol. The third kappa shape index (κ3) is 3.72. The number of nitrogens with two attached hydrogens (primary N) is 2. The third-order valence-corrected chi connectivity index (χ3v) is 4.68. The van der Waals surface area contributed by atoms with Gasteiger partial charge in [-0.25, -0.2) is 17.8 Å². The van der Waals surface area contributed by atoms with Crippen molar-refractivity contribution in [2.24, 2.45) is 16.5 Å². The maximum absolute atomic E-state index is 14.0. The molecule has 0 saturated carbocycles. The van der Waals surface area contributed by atoms with Crippen molar-refractivity contribution in [1.82, 2.24) is 0 Å². The number of hydrogen-bond acceptors (Lipinski definition) is 3. The average molecular weight is 414 g/mol. The van der Waals surface area contributed by atoms with Crippen LogP contribution in [-0.2, 0) is 16.6 Å². The van der Waals surface area contributed by atoms with Crippen LogP contribution in [0.5, 0.6) is 0 Å². The highest BCUT2D eigenvalue weighted by molar-refractivity contribution is 14.0. The van der Waals surface area contributed by atoms with Gasteiger partial charge in [0.25, 0.3) is 0 Å². The second kappa shape index (κ2) is 6.57. The Balaban J connectivity index is 0.00000200. The van der Waals surface area contributed by atoms with E-state index in [9.17, 15) is 12.8 Å². The predicted molar refractivity (Wildman–Crippen MR) is 87.1 cm³/mol. The molecule has 0 unspecified atom stereocenters. The molecule has 20 heavy (non-hydrogen) atoms. The highest BCUT2D eigenvalue weighted by atomic mass is 127. The molecule has 6 nitrogen and oxygen atoms in total. The molecular formula is C11H16FIN4O2S. The van der Waals surface area contributed by atoms with Gasteiger partial charge < -0.3 is 11.5 Å². The van der Waals surface area contributed by atoms with Crippen molar-refractivity contribution >= 4 is 45.6 Å². The number of guanidine groups is 1. The van der Waals surface area contributed by atoms with Crippen molar-refractivity contribution in [3.05, 3.63) is 29.6 Å². The minimum atomic E-state index is -3.38. The lowest BCUT2D eigenvalue weighted by atomic mass is 10.2. The second-order valence-corrected chi connectivity index (χ2v) is 6.28. The van der Waals surface area contributed by atoms with Crippen LogP contribution in [0.2, 0.25) is 0 Å². The summed E-state index contributed by atoms with van der Waals surface area (Å²) in [6.45, 7) is 0.471. The molecule has 2 rings (SSSR count). The first-order chi connectivity index (χ1) is 8.90. The lowest BCUT2D eigenvalue weighted by Crippen LogP contribution is -2.26. The van der Waals surface area contributed by atoms with Gasteiger partial charge in [0.1, 0.15) is 5.82 Å². The van der Waals surface area contributed by atoms with Crippen molar-refractivity contribution in [2.45, 2.75) is 13.0 Å². The molecule has 0 spiro atoms. The summed E-state index contributed by atoms with van der Waals surface area (Å²) < 4.78 is 38.5. The van der Waals surface area contributed by atoms with E-state index in [4.69, 9.17) is 11.5 Å². The van der Waals surface area contributed by atoms with Crippen LogP contribution in [0.15, 0.2) is 23.2 Å². The SMILES string of the molecule is I.NC(N)=NCc1ccc(N2CCCS2(=O)=O)c(F)c1. The zero-order valence-electron chi connectivity index (χ0n) is 10.6. The minimum absolute atomic E-state index is 0. The Morgan fingerprint density at radius 2 is 2.10 bits per heavy atom. The number of aliphatic imine (C=N–C) groups is 1. The molecule has 1 aliphatic heterocycles. The van der Waals surface area contributed by atoms with Crippen molar-refractivity contribution in [1.29, 1.82) is 0 Å². The molecule has 1 aliphatic rings. The Bertz CT molecular complexity index is 617. The van der Waals surface area contributed by atoms with Crippen LogP contribution in [0.25, 0.3) is 0 Å². The average Bonchev–Trinajstić information content (AvgIpc) is 2.66. The summed E-state index contributed by atoms with van der Waals surface area (Å²) in [5, 5.41) is 0. The number of anilines is 1. The van der Waals surface area contributed by atoms with Gasteiger partial charge >= 0.3 is 0 Å². The topological polar surface area (TPSA) is 102 Å². The van der Waals surface area contributed by atoms with Crippen molar-refractivity contribution in [3.8, 4) is 0 Å². The standard InChI is InChI=1S/C11H15FN4O2S.HI/c12-9-6-8(7-15-11(13)14)2-3-10(9)16-4-1-5-19(16,17)18;/h2-3,6H,1,4-5,7H2,(H4,13,14,15);1H. The third-order valence-electron chi connectivity index (χ3n) is 2.82. The van der Waals surface area contributed by atoms with Gasteiger partial charge in [-0.3, -0.25) is 4.31 Å². The van der Waals surface area contributed by atoms with Crippen LogP contribution >= 0.6 is 24.0 Å². The van der Waals surface area contributed by atoms with Gasteiger partial charge in [-0.1, -0.05) is 6.07 Å². The number of sulfonamides is 1. The molecule has 1 aromatic carbocycles. The summed E-state index contributed by atoms with van der Waals surface area (Å²) in [4.78, 5) is 3.77. The summed E-state index contributed by atoms with van der Waals surface area (Å²) in [5.41, 5.74) is 11.0. The maximum Gasteiger partial charge on any atom is 0.235 e. The quantitative estimate of drug-likeness (QED) is 0.433. The van der Waals surface area contributed by atoms with Crippen LogP contribution in [-0.4, -0.2) is 26.7 Å². The maximum atomic E-state index is 14.0. The van der Waals surface area contributed by atoms with Gasteiger partial charge in [0.2, 0.25) is 10.0 Å². The van der Waals surface area contributed by atoms with E-state index in [1.54, 1.807) is 6.07 Å². The van der Waals surface area contributed by atoms with Crippen molar-refractivity contribution in [2.75, 3.05) is 16.6 Å². The van der Waals surface area contributed by atoms with E-state index in [1.807, 2.05) is 0 Å². The van der Waals surface area contributed by atoms with Gasteiger partial charge in [-0.05, 0) is 24.1 Å². The molecule has 1 saturated heterocycles. The number of nitrogens with zero attached hydrogens (tertiary/aromatic N) is 2. The van der Waals surface area contributed by atoms with E-state index in [2.05, 4.69) is 4.99 Å². The van der Waals surface area contributed by atoms with Gasteiger partial charge in [0.05, 0.1) is 18.0 Å². The van der Waals surface area contributed by atoms with Gasteiger partial charge in [-0.15, -0.1) is 24.0 Å². The lowest BCUT2D eigenvalue weighted by Gasteiger charge is -2.17. The fourth-order valence-corrected chi connectivity index (χ4v) is 3.51. The fraction of sp³-hybridized carbons (Fsp3) is 0.364. The summed E-state index contributed by atoms with van der Waals surface area (Å²) in [6.07, 6.45) is 0.511. The van der Waals surface area contributed by atoms with E-state index < -0.39 is 15.8 Å². The minimum Gasteiger partial charge on any atom is -0.370 e. The fourth-order valence-electron chi connectivity index (χ4n) is 1.94. The molecule has 112 valence electrons. The first kappa shape index (κ1) is 17.0. The Labute approximate surface area is 134 Å². The first-order valence-corrected chi connectivity index (χ1v) is 7.35. The lowest BCUT2D eigenvalue weighted by molar-refractivity contribution is 0.594. The molecule has 0 amide bonds. The molecule has 9 heteroatoms. The number of hydrogen-bond donors (Lipinski definition) is 2. The van der Waals surface area contributed by atoms with Crippen molar-refractivity contribution < 1.29 is 12.8 Å². The second-order valence-electron chi connectivity index (χ2n) is 4.27. The molecule has 0 aromatic heterocycles. The Kier molecular flexibility index (Phi) is 5.57. The van der Waals surface area contributed by atoms with Crippen LogP contribution < -0.4 is 15.8 Å². The highest BCUT2D eigenvalue weighted by Crippen LogP contribution is 2.27. The molecule has 4 N–H and O–H groups in total. The van der Waals surface area contributed by atoms with Crippen LogP contribution in [0, 0.1) is 5.82 Å². The van der Waals surface area contributed by atoms with E-state index in [0.717, 1.165) is 4.31 Å². The normalized spacial score (nSPS) is 16.6. The highest BCUT2D eigenvalue weighted by Gasteiger charge is 2.30. The van der Waals surface area contributed by atoms with E-state index in [-0.39, 0.29) is 47.9 Å². The van der Waals surface area contributed by atoms with Crippen LogP contribution in [0.1, 0.15) is 12.0 Å². The summed E-state index contributed by atoms with van der Waals surface area (Å²) in [6, 6.07) is 4.30. The monoisotopic (exact) mass is 414 g/mol. The molecule has 1 heterocycles. The Morgan fingerprint density at radius 1 is 1.40 bits per heavy atom. The Morgan fingerprint density at radius 3 is 2.60 bits per heavy atom. The molecule has 0 radical (unpaired) electrons. The Hall–Kier alpha value is -1.10. The first-order valence-electron chi connectivity index (χ1n) is 5.74. The molecule has 1 fully saturated rings. The van der Waals surface area contributed by atoms with E-state index >= 15 is 0 Å². The van der Waals surface area contributed by atoms with E-state index in [0.29, 0.717) is 18.5 Å². The largest absolute Gasteiger partial charge is 0.370 e. The van der Waals surface area contributed by atoms with Gasteiger partial charge in [0, 0.05) is 6.54 Å². The molecule has 0 atom stereocenters. The van der Waals surface area contributed by atoms with Gasteiger partial charge in [-0.2, -0.15) is 0 Å². The zero-order chi connectivity index (χ0) is 14.0. The van der Waals surface area contributed by atoms with Crippen molar-refractivity contribution in [3.63, 3.8) is 0 Å². The smallest absolute Gasteiger partial charge is 0.235 e. The summed E-state index contributed by atoms with van der Waals surface area (Å²) in [7, 11) is -3.38. The van der Waals surface area contributed by atoms with Crippen LogP contribution in [0.3, 0.4) is 0 Å². The molecule has 0 aliphatic carbocycles. The summed E-state index contributed by atoms with van der Waals surface area (Å²) in [5.74, 6) is -0.609. The van der Waals surface area contributed by atoms with E-state index in [1.165, 1.54) is 12.1 Å². The number of benzene rings is 1. The predicted octanol–water partition coefficient (Wildman–Crippen LogP) is 0.757. The van der Waals surface area contributed by atoms with Crippen LogP contribution in [0.4, 0.5) is 10.1 Å². The number of rotatable bonds is 3. The number of halogens is 2. The molecule has 1 aromatic rings. The zero-order valence-corrected chi connectivity index (χ0v) is 13.8. The molecule has 0 bridgehead atoms.